The van der Waals surface area contributed by atoms with Gasteiger partial charge in [0, 0.05) is 0 Å². The van der Waals surface area contributed by atoms with Crippen molar-refractivity contribution in [2.24, 2.45) is 0 Å². The molecular formula is C24H24Cl2Zr-2. The van der Waals surface area contributed by atoms with E-state index in [4.69, 9.17) is 0 Å². The van der Waals surface area contributed by atoms with E-state index in [9.17, 15) is 0 Å². The van der Waals surface area contributed by atoms with Gasteiger partial charge in [-0.3, -0.25) is 0 Å². The molecule has 0 nitrogen and oxygen atoms in total. The van der Waals surface area contributed by atoms with Crippen LogP contribution in [0.15, 0.2) is 60.7 Å². The number of benzene rings is 2. The summed E-state index contributed by atoms with van der Waals surface area (Å²) in [5, 5.41) is 0. The molecule has 27 heavy (non-hydrogen) atoms. The van der Waals surface area contributed by atoms with Crippen LogP contribution in [0.3, 0.4) is 0 Å². The van der Waals surface area contributed by atoms with E-state index in [1.165, 1.54) is 52.6 Å². The largest absolute Gasteiger partial charge is 0.214 e. The Hall–Kier alpha value is -0.877. The van der Waals surface area contributed by atoms with Crippen LogP contribution in [0.25, 0.3) is 11.1 Å². The van der Waals surface area contributed by atoms with Crippen LogP contribution in [0.1, 0.15) is 41.5 Å². The smallest absolute Gasteiger partial charge is 0.172 e. The first-order valence-electron chi connectivity index (χ1n) is 8.98. The monoisotopic (exact) mass is 472 g/mol. The fourth-order valence-electron chi connectivity index (χ4n) is 3.04. The van der Waals surface area contributed by atoms with Gasteiger partial charge in [-0.15, -0.1) is 11.1 Å². The van der Waals surface area contributed by atoms with Gasteiger partial charge < -0.3 is 24.8 Å². The summed E-state index contributed by atoms with van der Waals surface area (Å²) in [6.07, 6.45) is 5.41. The molecule has 0 amide bonds. The molecule has 0 heterocycles. The summed E-state index contributed by atoms with van der Waals surface area (Å²) in [4.78, 5) is 0. The van der Waals surface area contributed by atoms with E-state index in [1.54, 1.807) is 27.4 Å². The fourth-order valence-corrected chi connectivity index (χ4v) is 3.91. The maximum absolute atomic E-state index is 3.45. The van der Waals surface area contributed by atoms with Crippen molar-refractivity contribution in [1.82, 2.24) is 0 Å². The van der Waals surface area contributed by atoms with Crippen molar-refractivity contribution < 1.29 is 49.0 Å². The molecule has 2 aliphatic rings. The van der Waals surface area contributed by atoms with Crippen molar-refractivity contribution in [3.63, 3.8) is 0 Å². The molecule has 0 bridgehead atoms. The molecule has 0 atom stereocenters. The maximum Gasteiger partial charge on any atom is -0.172 e. The Balaban J connectivity index is 0.000000253. The molecule has 0 unspecified atom stereocenters. The summed E-state index contributed by atoms with van der Waals surface area (Å²) < 4.78 is 1.78. The zero-order chi connectivity index (χ0) is 17.6. The van der Waals surface area contributed by atoms with Gasteiger partial charge in [0.15, 0.2) is 0 Å². The number of rotatable bonds is 0. The molecule has 0 spiro atoms. The Labute approximate surface area is 190 Å². The minimum absolute atomic E-state index is 0. The van der Waals surface area contributed by atoms with Crippen molar-refractivity contribution in [2.45, 2.75) is 39.5 Å². The average Bonchev–Trinajstić information content (AvgIpc) is 3.23. The summed E-state index contributed by atoms with van der Waals surface area (Å²) in [5.74, 6) is 0. The second-order valence-electron chi connectivity index (χ2n) is 6.79. The zero-order valence-corrected chi connectivity index (χ0v) is 19.8. The first-order valence-corrected chi connectivity index (χ1v) is 10.2. The summed E-state index contributed by atoms with van der Waals surface area (Å²) in [7, 11) is 0. The van der Waals surface area contributed by atoms with Gasteiger partial charge in [0.1, 0.15) is 0 Å². The summed E-state index contributed by atoms with van der Waals surface area (Å²) in [6, 6.07) is 24.5. The van der Waals surface area contributed by atoms with Gasteiger partial charge in [0.2, 0.25) is 0 Å². The minimum atomic E-state index is 0. The Bertz CT molecular complexity index is 778. The number of fused-ring (bicyclic) bond motifs is 3. The van der Waals surface area contributed by atoms with Crippen LogP contribution in [0, 0.1) is 19.9 Å². The van der Waals surface area contributed by atoms with E-state index < -0.39 is 0 Å². The van der Waals surface area contributed by atoms with Crippen LogP contribution in [-0.2, 0) is 30.7 Å². The van der Waals surface area contributed by atoms with Gasteiger partial charge in [-0.25, -0.2) is 12.1 Å². The SMILES string of the molecule is Cc1[c-]c2c(cc1)-c1ccc(C)cc1C2.[Cl-].[Cl-].[Zr+2]=[C]1CCC1.c1cc[cH-]c1. The van der Waals surface area contributed by atoms with E-state index in [2.05, 4.69) is 50.2 Å². The van der Waals surface area contributed by atoms with Crippen molar-refractivity contribution >= 4 is 3.21 Å². The molecule has 2 aliphatic carbocycles. The van der Waals surface area contributed by atoms with Crippen molar-refractivity contribution in [2.75, 3.05) is 0 Å². The average molecular weight is 475 g/mol. The van der Waals surface area contributed by atoms with Gasteiger partial charge in [-0.05, 0) is 18.9 Å². The van der Waals surface area contributed by atoms with Gasteiger partial charge >= 0.3 is 46.7 Å². The summed E-state index contributed by atoms with van der Waals surface area (Å²) >= 11 is 1.67. The summed E-state index contributed by atoms with van der Waals surface area (Å²) in [6.45, 7) is 4.26. The van der Waals surface area contributed by atoms with Gasteiger partial charge in [0.25, 0.3) is 0 Å². The maximum atomic E-state index is 3.45. The van der Waals surface area contributed by atoms with Crippen LogP contribution in [0.4, 0.5) is 0 Å². The first-order chi connectivity index (χ1) is 12.1. The quantitative estimate of drug-likeness (QED) is 0.315. The van der Waals surface area contributed by atoms with Gasteiger partial charge in [0.05, 0.1) is 0 Å². The molecule has 0 N–H and O–H groups in total. The number of hydrogen-bond acceptors (Lipinski definition) is 0. The van der Waals surface area contributed by atoms with Crippen molar-refractivity contribution in [3.05, 3.63) is 89.0 Å². The fraction of sp³-hybridized carbons (Fsp3) is 0.250. The standard InChI is InChI=1S/C15H13.C5H5.C4H6.2ClH.Zr/c1-10-3-5-14-12(7-10)9-13-8-11(2)4-6-15(13)14;1-2-4-5-3-1;1-2-4-3-1;;;/h3-7H,9H2,1-2H3;1-5H;1-3H2;2*1H;/q2*-1;;;;+2/p-2. The second kappa shape index (κ2) is 11.9. The van der Waals surface area contributed by atoms with E-state index >= 15 is 0 Å². The van der Waals surface area contributed by atoms with E-state index in [0.717, 1.165) is 6.42 Å². The third-order valence-electron chi connectivity index (χ3n) is 4.60. The van der Waals surface area contributed by atoms with Crippen molar-refractivity contribution in [1.29, 1.82) is 0 Å². The zero-order valence-electron chi connectivity index (χ0n) is 15.9. The Morgan fingerprint density at radius 3 is 2.07 bits per heavy atom. The number of aryl methyl sites for hydroxylation is 2. The minimum Gasteiger partial charge on any atom is -0.214 e. The first kappa shape index (κ1) is 24.2. The van der Waals surface area contributed by atoms with Crippen molar-refractivity contribution in [3.8, 4) is 11.1 Å². The molecule has 0 saturated heterocycles. The molecule has 0 radical (unpaired) electrons. The molecule has 5 rings (SSSR count). The molecule has 1 fully saturated rings. The number of hydrogen-bond donors (Lipinski definition) is 0. The Morgan fingerprint density at radius 1 is 0.926 bits per heavy atom. The molecule has 0 aliphatic heterocycles. The third kappa shape index (κ3) is 6.90. The van der Waals surface area contributed by atoms with Crippen LogP contribution in [0.5, 0.6) is 0 Å². The van der Waals surface area contributed by atoms with Crippen LogP contribution in [0.2, 0.25) is 0 Å². The van der Waals surface area contributed by atoms with Crippen LogP contribution < -0.4 is 24.8 Å². The molecule has 3 aromatic rings. The Morgan fingerprint density at radius 2 is 1.56 bits per heavy atom. The topological polar surface area (TPSA) is 0 Å². The molecule has 140 valence electrons. The van der Waals surface area contributed by atoms with Gasteiger partial charge in [-0.2, -0.15) is 42.0 Å². The molecule has 0 aromatic heterocycles. The molecular weight excluding hydrogens is 450 g/mol. The van der Waals surface area contributed by atoms with Gasteiger partial charge in [-0.1, -0.05) is 36.2 Å². The predicted molar refractivity (Wildman–Crippen MR) is 104 cm³/mol. The van der Waals surface area contributed by atoms with E-state index in [1.807, 2.05) is 30.3 Å². The normalized spacial score (nSPS) is 12.5. The third-order valence-corrected chi connectivity index (χ3v) is 5.83. The predicted octanol–water partition coefficient (Wildman–Crippen LogP) is -0.0222. The molecule has 3 heteroatoms. The molecule has 3 aromatic carbocycles. The number of halogens is 2. The van der Waals surface area contributed by atoms with Crippen LogP contribution in [-0.4, -0.2) is 3.21 Å². The summed E-state index contributed by atoms with van der Waals surface area (Å²) in [5.41, 5.74) is 8.15. The Kier molecular flexibility index (Phi) is 10.6. The van der Waals surface area contributed by atoms with E-state index in [-0.39, 0.29) is 24.8 Å². The van der Waals surface area contributed by atoms with E-state index in [0.29, 0.717) is 0 Å². The molecule has 1 saturated carbocycles. The van der Waals surface area contributed by atoms with Crippen LogP contribution >= 0.6 is 0 Å². The second-order valence-corrected chi connectivity index (χ2v) is 8.53.